The molecule has 0 aliphatic heterocycles. The Morgan fingerprint density at radius 3 is 2.69 bits per heavy atom. The normalized spacial score (nSPS) is 10.6. The van der Waals surface area contributed by atoms with Crippen molar-refractivity contribution in [1.29, 1.82) is 0 Å². The van der Waals surface area contributed by atoms with Crippen molar-refractivity contribution < 1.29 is 9.53 Å². The standard InChI is InChI=1S/C22H19N5O2/c1-14-12-19(21(28)25-16-8-4-9-17(13-16)29-2)27-22(24-14)26-18-10-3-6-15-7-5-11-23-20(15)18/h3-13H,1-2H3,(H,25,28)(H,24,26,27). The summed E-state index contributed by atoms with van der Waals surface area (Å²) in [5.74, 6) is 0.661. The fraction of sp³-hybridized carbons (Fsp3) is 0.0909. The van der Waals surface area contributed by atoms with Crippen LogP contribution in [0.25, 0.3) is 10.9 Å². The van der Waals surface area contributed by atoms with E-state index in [9.17, 15) is 4.79 Å². The number of fused-ring (bicyclic) bond motifs is 1. The van der Waals surface area contributed by atoms with Crippen LogP contribution < -0.4 is 15.4 Å². The molecule has 2 N–H and O–H groups in total. The Labute approximate surface area is 167 Å². The van der Waals surface area contributed by atoms with Crippen molar-refractivity contribution in [1.82, 2.24) is 15.0 Å². The monoisotopic (exact) mass is 385 g/mol. The van der Waals surface area contributed by atoms with Crippen LogP contribution in [0.4, 0.5) is 17.3 Å². The molecule has 2 aromatic carbocycles. The molecule has 1 amide bonds. The Morgan fingerprint density at radius 1 is 1.00 bits per heavy atom. The molecule has 0 aliphatic carbocycles. The van der Waals surface area contributed by atoms with E-state index in [1.54, 1.807) is 37.6 Å². The number of para-hydroxylation sites is 1. The van der Waals surface area contributed by atoms with Crippen molar-refractivity contribution in [2.75, 3.05) is 17.7 Å². The van der Waals surface area contributed by atoms with E-state index in [2.05, 4.69) is 25.6 Å². The van der Waals surface area contributed by atoms with Crippen molar-refractivity contribution in [3.63, 3.8) is 0 Å². The first-order valence-electron chi connectivity index (χ1n) is 9.04. The molecule has 0 radical (unpaired) electrons. The molecule has 7 heteroatoms. The van der Waals surface area contributed by atoms with Crippen LogP contribution in [-0.4, -0.2) is 28.0 Å². The first-order chi connectivity index (χ1) is 14.1. The number of methoxy groups -OCH3 is 1. The van der Waals surface area contributed by atoms with Crippen molar-refractivity contribution in [3.05, 3.63) is 78.2 Å². The number of carbonyl (C=O) groups is 1. The molecule has 0 fully saturated rings. The van der Waals surface area contributed by atoms with Crippen molar-refractivity contribution in [3.8, 4) is 5.75 Å². The van der Waals surface area contributed by atoms with Crippen molar-refractivity contribution in [2.45, 2.75) is 6.92 Å². The molecule has 29 heavy (non-hydrogen) atoms. The van der Waals surface area contributed by atoms with E-state index in [-0.39, 0.29) is 11.6 Å². The van der Waals surface area contributed by atoms with Gasteiger partial charge in [0, 0.05) is 29.0 Å². The summed E-state index contributed by atoms with van der Waals surface area (Å²) in [6.45, 7) is 1.82. The third kappa shape index (κ3) is 4.14. The Bertz CT molecular complexity index is 1190. The molecule has 2 heterocycles. The lowest BCUT2D eigenvalue weighted by Crippen LogP contribution is -2.15. The molecule has 0 saturated heterocycles. The van der Waals surface area contributed by atoms with Gasteiger partial charge in [-0.3, -0.25) is 9.78 Å². The lowest BCUT2D eigenvalue weighted by atomic mass is 10.2. The summed E-state index contributed by atoms with van der Waals surface area (Å²) in [6.07, 6.45) is 1.73. The highest BCUT2D eigenvalue weighted by Crippen LogP contribution is 2.23. The fourth-order valence-electron chi connectivity index (χ4n) is 2.96. The maximum atomic E-state index is 12.7. The first-order valence-corrected chi connectivity index (χ1v) is 9.04. The molecule has 144 valence electrons. The number of rotatable bonds is 5. The molecule has 2 aromatic heterocycles. The van der Waals surface area contributed by atoms with Gasteiger partial charge in [0.05, 0.1) is 18.3 Å². The van der Waals surface area contributed by atoms with E-state index in [4.69, 9.17) is 4.74 Å². The van der Waals surface area contributed by atoms with Gasteiger partial charge in [-0.25, -0.2) is 9.97 Å². The second-order valence-electron chi connectivity index (χ2n) is 6.41. The van der Waals surface area contributed by atoms with E-state index in [1.807, 2.05) is 43.3 Å². The number of aryl methyl sites for hydroxylation is 1. The molecule has 4 rings (SSSR count). The Kier molecular flexibility index (Phi) is 5.03. The summed E-state index contributed by atoms with van der Waals surface area (Å²) in [7, 11) is 1.58. The Morgan fingerprint density at radius 2 is 1.83 bits per heavy atom. The van der Waals surface area contributed by atoms with Crippen LogP contribution in [0, 0.1) is 6.92 Å². The van der Waals surface area contributed by atoms with Gasteiger partial charge in [0.2, 0.25) is 5.95 Å². The van der Waals surface area contributed by atoms with E-state index in [0.717, 1.165) is 16.6 Å². The van der Waals surface area contributed by atoms with Crippen LogP contribution in [0.2, 0.25) is 0 Å². The summed E-state index contributed by atoms with van der Waals surface area (Å²) in [5, 5.41) is 7.01. The van der Waals surface area contributed by atoms with E-state index in [1.165, 1.54) is 0 Å². The summed E-state index contributed by atoms with van der Waals surface area (Å²) >= 11 is 0. The lowest BCUT2D eigenvalue weighted by Gasteiger charge is -2.11. The average molecular weight is 385 g/mol. The number of amides is 1. The zero-order valence-corrected chi connectivity index (χ0v) is 16.0. The number of nitrogens with zero attached hydrogens (tertiary/aromatic N) is 3. The fourth-order valence-corrected chi connectivity index (χ4v) is 2.96. The van der Waals surface area contributed by atoms with Gasteiger partial charge in [-0.1, -0.05) is 24.3 Å². The van der Waals surface area contributed by atoms with Gasteiger partial charge in [-0.15, -0.1) is 0 Å². The number of hydrogen-bond acceptors (Lipinski definition) is 6. The third-order valence-corrected chi connectivity index (χ3v) is 4.29. The maximum absolute atomic E-state index is 12.7. The smallest absolute Gasteiger partial charge is 0.274 e. The number of pyridine rings is 1. The molecular weight excluding hydrogens is 366 g/mol. The molecule has 0 aliphatic rings. The summed E-state index contributed by atoms with van der Waals surface area (Å²) in [5.41, 5.74) is 3.14. The Balaban J connectivity index is 1.61. The van der Waals surface area contributed by atoms with Crippen LogP contribution in [0.15, 0.2) is 66.9 Å². The number of benzene rings is 2. The minimum atomic E-state index is -0.331. The molecule has 4 aromatic rings. The van der Waals surface area contributed by atoms with E-state index < -0.39 is 0 Å². The van der Waals surface area contributed by atoms with Gasteiger partial charge < -0.3 is 15.4 Å². The first kappa shape index (κ1) is 18.4. The number of carbonyl (C=O) groups excluding carboxylic acids is 1. The van der Waals surface area contributed by atoms with Gasteiger partial charge in [0.25, 0.3) is 5.91 Å². The van der Waals surface area contributed by atoms with Crippen molar-refractivity contribution >= 4 is 34.1 Å². The van der Waals surface area contributed by atoms with Crippen LogP contribution in [0.1, 0.15) is 16.2 Å². The summed E-state index contributed by atoms with van der Waals surface area (Å²) in [6, 6.07) is 18.5. The van der Waals surface area contributed by atoms with Crippen LogP contribution in [0.5, 0.6) is 5.75 Å². The number of anilines is 3. The lowest BCUT2D eigenvalue weighted by molar-refractivity contribution is 0.102. The highest BCUT2D eigenvalue weighted by Gasteiger charge is 2.12. The van der Waals surface area contributed by atoms with Crippen LogP contribution in [0.3, 0.4) is 0 Å². The van der Waals surface area contributed by atoms with E-state index >= 15 is 0 Å². The number of aromatic nitrogens is 3. The van der Waals surface area contributed by atoms with Crippen LogP contribution in [-0.2, 0) is 0 Å². The molecule has 7 nitrogen and oxygen atoms in total. The van der Waals surface area contributed by atoms with Gasteiger partial charge in [0.1, 0.15) is 11.4 Å². The third-order valence-electron chi connectivity index (χ3n) is 4.29. The second kappa shape index (κ2) is 7.93. The molecule has 0 saturated carbocycles. The highest BCUT2D eigenvalue weighted by atomic mass is 16.5. The summed E-state index contributed by atoms with van der Waals surface area (Å²) < 4.78 is 5.19. The highest BCUT2D eigenvalue weighted by molar-refractivity contribution is 6.03. The number of hydrogen-bond donors (Lipinski definition) is 2. The van der Waals surface area contributed by atoms with Gasteiger partial charge in [-0.05, 0) is 37.3 Å². The quantitative estimate of drug-likeness (QED) is 0.531. The zero-order chi connectivity index (χ0) is 20.2. The SMILES string of the molecule is COc1cccc(NC(=O)c2cc(C)nc(Nc3cccc4cccnc34)n2)c1. The van der Waals surface area contributed by atoms with Crippen molar-refractivity contribution in [2.24, 2.45) is 0 Å². The van der Waals surface area contributed by atoms with E-state index in [0.29, 0.717) is 23.1 Å². The van der Waals surface area contributed by atoms with Gasteiger partial charge >= 0.3 is 0 Å². The molecule has 0 unspecified atom stereocenters. The summed E-state index contributed by atoms with van der Waals surface area (Å²) in [4.78, 5) is 25.9. The predicted molar refractivity (Wildman–Crippen MR) is 113 cm³/mol. The molecular formula is C22H19N5O2. The zero-order valence-electron chi connectivity index (χ0n) is 16.0. The minimum Gasteiger partial charge on any atom is -0.497 e. The topological polar surface area (TPSA) is 89.0 Å². The molecule has 0 atom stereocenters. The average Bonchev–Trinajstić information content (AvgIpc) is 2.74. The van der Waals surface area contributed by atoms with Gasteiger partial charge in [-0.2, -0.15) is 0 Å². The number of ether oxygens (including phenoxy) is 1. The van der Waals surface area contributed by atoms with Crippen LogP contribution >= 0.6 is 0 Å². The second-order valence-corrected chi connectivity index (χ2v) is 6.41. The number of nitrogens with one attached hydrogen (secondary N) is 2. The maximum Gasteiger partial charge on any atom is 0.274 e. The Hall–Kier alpha value is -4.00. The minimum absolute atomic E-state index is 0.260. The largest absolute Gasteiger partial charge is 0.497 e. The van der Waals surface area contributed by atoms with Gasteiger partial charge in [0.15, 0.2) is 0 Å². The predicted octanol–water partition coefficient (Wildman–Crippen LogP) is 4.34. The molecule has 0 bridgehead atoms. The molecule has 0 spiro atoms.